The molecule has 1 aliphatic rings. The zero-order chi connectivity index (χ0) is 24.4. The van der Waals surface area contributed by atoms with Crippen molar-refractivity contribution in [2.45, 2.75) is 19.9 Å². The maximum atomic E-state index is 13.1. The molecule has 178 valence electrons. The summed E-state index contributed by atoms with van der Waals surface area (Å²) in [4.78, 5) is 27.6. The molecule has 0 unspecified atom stereocenters. The first-order valence-corrected chi connectivity index (χ1v) is 11.4. The highest BCUT2D eigenvalue weighted by Crippen LogP contribution is 2.28. The summed E-state index contributed by atoms with van der Waals surface area (Å²) in [7, 11) is 1.58. The van der Waals surface area contributed by atoms with Crippen molar-refractivity contribution >= 4 is 16.9 Å². The summed E-state index contributed by atoms with van der Waals surface area (Å²) >= 11 is 0. The summed E-state index contributed by atoms with van der Waals surface area (Å²) < 4.78 is 22.6. The maximum Gasteiger partial charge on any atom is 0.260 e. The van der Waals surface area contributed by atoms with Gasteiger partial charge in [0.25, 0.3) is 5.91 Å². The molecule has 0 aliphatic carbocycles. The number of ether oxygens (including phenoxy) is 3. The number of hydrogen-bond acceptors (Lipinski definition) is 6. The first-order chi connectivity index (χ1) is 17.0. The first-order valence-electron chi connectivity index (χ1n) is 11.4. The van der Waals surface area contributed by atoms with Gasteiger partial charge in [0.2, 0.25) is 11.2 Å². The van der Waals surface area contributed by atoms with Crippen molar-refractivity contribution < 1.29 is 23.4 Å². The zero-order valence-corrected chi connectivity index (χ0v) is 19.6. The topological polar surface area (TPSA) is 78.2 Å². The molecule has 1 aliphatic heterocycles. The third kappa shape index (κ3) is 4.71. The molecule has 0 saturated heterocycles. The third-order valence-corrected chi connectivity index (χ3v) is 6.11. The van der Waals surface area contributed by atoms with Gasteiger partial charge in [0.15, 0.2) is 6.61 Å². The van der Waals surface area contributed by atoms with Crippen LogP contribution in [0.4, 0.5) is 0 Å². The van der Waals surface area contributed by atoms with E-state index < -0.39 is 0 Å². The molecule has 1 amide bonds. The number of nitrogens with zero attached hydrogens (tertiary/aromatic N) is 1. The molecule has 0 N–H and O–H groups in total. The predicted octanol–water partition coefficient (Wildman–Crippen LogP) is 4.87. The van der Waals surface area contributed by atoms with Gasteiger partial charge in [-0.25, -0.2) is 0 Å². The second-order valence-corrected chi connectivity index (χ2v) is 8.37. The minimum absolute atomic E-state index is 0.0829. The number of hydrogen-bond donors (Lipinski definition) is 0. The monoisotopic (exact) mass is 471 g/mol. The van der Waals surface area contributed by atoms with Crippen LogP contribution >= 0.6 is 0 Å². The van der Waals surface area contributed by atoms with Crippen molar-refractivity contribution in [3.63, 3.8) is 0 Å². The summed E-state index contributed by atoms with van der Waals surface area (Å²) in [5.41, 5.74) is 2.54. The Morgan fingerprint density at radius 2 is 1.69 bits per heavy atom. The molecule has 0 spiro atoms. The molecule has 2 heterocycles. The van der Waals surface area contributed by atoms with E-state index in [0.717, 1.165) is 6.42 Å². The van der Waals surface area contributed by atoms with E-state index in [-0.39, 0.29) is 23.7 Å². The second kappa shape index (κ2) is 9.54. The molecule has 35 heavy (non-hydrogen) atoms. The van der Waals surface area contributed by atoms with Gasteiger partial charge in [0.05, 0.1) is 12.5 Å². The number of aryl methyl sites for hydroxylation is 1. The molecule has 1 aromatic heterocycles. The van der Waals surface area contributed by atoms with Crippen LogP contribution in [0, 0.1) is 6.92 Å². The average molecular weight is 472 g/mol. The highest BCUT2D eigenvalue weighted by molar-refractivity contribution is 5.81. The minimum Gasteiger partial charge on any atom is -0.497 e. The van der Waals surface area contributed by atoms with E-state index in [4.69, 9.17) is 18.6 Å². The summed E-state index contributed by atoms with van der Waals surface area (Å²) in [5.74, 6) is 2.03. The van der Waals surface area contributed by atoms with E-state index >= 15 is 0 Å². The lowest BCUT2D eigenvalue weighted by atomic mass is 10.00. The van der Waals surface area contributed by atoms with Crippen LogP contribution in [0.25, 0.3) is 11.0 Å². The Balaban J connectivity index is 1.29. The number of fused-ring (bicyclic) bond motifs is 2. The van der Waals surface area contributed by atoms with E-state index in [1.165, 1.54) is 11.1 Å². The zero-order valence-electron chi connectivity index (χ0n) is 19.6. The van der Waals surface area contributed by atoms with Gasteiger partial charge in [-0.3, -0.25) is 9.59 Å². The van der Waals surface area contributed by atoms with E-state index in [1.54, 1.807) is 61.4 Å². The fourth-order valence-corrected chi connectivity index (χ4v) is 4.18. The van der Waals surface area contributed by atoms with Crippen LogP contribution in [0.15, 0.2) is 75.9 Å². The van der Waals surface area contributed by atoms with Crippen LogP contribution < -0.4 is 19.6 Å². The lowest BCUT2D eigenvalue weighted by Crippen LogP contribution is -2.38. The Morgan fingerprint density at radius 1 is 0.971 bits per heavy atom. The Bertz CT molecular complexity index is 1440. The number of methoxy groups -OCH3 is 1. The molecule has 0 saturated carbocycles. The third-order valence-electron chi connectivity index (χ3n) is 6.11. The standard InChI is InChI=1S/C28H25NO6/c1-18-28(35-22-9-7-21(32-2)8-10-22)27(31)24-12-11-23(15-25(24)34-18)33-17-26(30)29-14-13-19-5-3-4-6-20(19)16-29/h3-12,15H,13-14,16-17H2,1-2H3. The largest absolute Gasteiger partial charge is 0.497 e. The van der Waals surface area contributed by atoms with Crippen LogP contribution in [0.3, 0.4) is 0 Å². The van der Waals surface area contributed by atoms with Crippen molar-refractivity contribution in [3.8, 4) is 23.0 Å². The molecular weight excluding hydrogens is 446 g/mol. The summed E-state index contributed by atoms with van der Waals surface area (Å²) in [6.07, 6.45) is 0.837. The van der Waals surface area contributed by atoms with Gasteiger partial charge < -0.3 is 23.5 Å². The van der Waals surface area contributed by atoms with Crippen LogP contribution in [0.2, 0.25) is 0 Å². The quantitative estimate of drug-likeness (QED) is 0.399. The van der Waals surface area contributed by atoms with Gasteiger partial charge in [-0.15, -0.1) is 0 Å². The van der Waals surface area contributed by atoms with Crippen molar-refractivity contribution in [3.05, 3.63) is 93.8 Å². The summed E-state index contributed by atoms with van der Waals surface area (Å²) in [5, 5.41) is 0.366. The first kappa shape index (κ1) is 22.5. The van der Waals surface area contributed by atoms with Crippen molar-refractivity contribution in [1.82, 2.24) is 4.90 Å². The van der Waals surface area contributed by atoms with Crippen LogP contribution in [-0.2, 0) is 17.8 Å². The van der Waals surface area contributed by atoms with Crippen molar-refractivity contribution in [1.29, 1.82) is 0 Å². The Morgan fingerprint density at radius 3 is 2.46 bits per heavy atom. The number of rotatable bonds is 6. The summed E-state index contributed by atoms with van der Waals surface area (Å²) in [6, 6.07) is 20.0. The number of amides is 1. The van der Waals surface area contributed by atoms with Crippen molar-refractivity contribution in [2.75, 3.05) is 20.3 Å². The van der Waals surface area contributed by atoms with Crippen LogP contribution in [0.5, 0.6) is 23.0 Å². The molecule has 0 bridgehead atoms. The van der Waals surface area contributed by atoms with Gasteiger partial charge in [0.1, 0.15) is 28.6 Å². The predicted molar refractivity (Wildman–Crippen MR) is 131 cm³/mol. The molecule has 7 nitrogen and oxygen atoms in total. The number of carbonyl (C=O) groups excluding carboxylic acids is 1. The van der Waals surface area contributed by atoms with Gasteiger partial charge in [-0.1, -0.05) is 24.3 Å². The van der Waals surface area contributed by atoms with E-state index in [1.807, 2.05) is 12.1 Å². The lowest BCUT2D eigenvalue weighted by Gasteiger charge is -2.28. The van der Waals surface area contributed by atoms with Gasteiger partial charge in [-0.05, 0) is 60.9 Å². The minimum atomic E-state index is -0.283. The van der Waals surface area contributed by atoms with E-state index in [2.05, 4.69) is 12.1 Å². The fraction of sp³-hybridized carbons (Fsp3) is 0.214. The average Bonchev–Trinajstić information content (AvgIpc) is 2.89. The molecule has 3 aromatic carbocycles. The molecule has 7 heteroatoms. The smallest absolute Gasteiger partial charge is 0.260 e. The normalized spacial score (nSPS) is 12.8. The number of carbonyl (C=O) groups is 1. The fourth-order valence-electron chi connectivity index (χ4n) is 4.18. The Kier molecular flexibility index (Phi) is 6.14. The lowest BCUT2D eigenvalue weighted by molar-refractivity contribution is -0.134. The Labute approximate surface area is 202 Å². The van der Waals surface area contributed by atoms with E-state index in [9.17, 15) is 9.59 Å². The van der Waals surface area contributed by atoms with Gasteiger partial charge in [0, 0.05) is 19.2 Å². The summed E-state index contributed by atoms with van der Waals surface area (Å²) in [6.45, 7) is 2.84. The maximum absolute atomic E-state index is 13.1. The SMILES string of the molecule is COc1ccc(Oc2c(C)oc3cc(OCC(=O)N4CCc5ccccc5C4)ccc3c2=O)cc1. The molecule has 0 fully saturated rings. The molecular formula is C28H25NO6. The van der Waals surface area contributed by atoms with Gasteiger partial charge in [-0.2, -0.15) is 0 Å². The second-order valence-electron chi connectivity index (χ2n) is 8.37. The van der Waals surface area contributed by atoms with Crippen molar-refractivity contribution in [2.24, 2.45) is 0 Å². The molecule has 5 rings (SSSR count). The molecule has 0 radical (unpaired) electrons. The van der Waals surface area contributed by atoms with Crippen LogP contribution in [0.1, 0.15) is 16.9 Å². The van der Waals surface area contributed by atoms with Gasteiger partial charge >= 0.3 is 0 Å². The van der Waals surface area contributed by atoms with Crippen LogP contribution in [-0.4, -0.2) is 31.1 Å². The highest BCUT2D eigenvalue weighted by atomic mass is 16.5. The van der Waals surface area contributed by atoms with E-state index in [0.29, 0.717) is 47.1 Å². The highest BCUT2D eigenvalue weighted by Gasteiger charge is 2.21. The Hall–Kier alpha value is -4.26. The molecule has 4 aromatic rings. The number of benzene rings is 3. The molecule has 0 atom stereocenters.